The first-order chi connectivity index (χ1) is 13.5. The van der Waals surface area contributed by atoms with Crippen LogP contribution in [0, 0.1) is 33.5 Å². The van der Waals surface area contributed by atoms with Crippen molar-refractivity contribution in [2.45, 2.75) is 74.7 Å². The van der Waals surface area contributed by atoms with E-state index in [4.69, 9.17) is 0 Å². The van der Waals surface area contributed by atoms with E-state index >= 15 is 0 Å². The van der Waals surface area contributed by atoms with Gasteiger partial charge in [-0.25, -0.2) is 5.92 Å². The smallest absolute Gasteiger partial charge is 0 e. The summed E-state index contributed by atoms with van der Waals surface area (Å²) in [6.07, 6.45) is 8.50. The molecule has 4 aliphatic carbocycles. The van der Waals surface area contributed by atoms with E-state index in [1.165, 1.54) is 24.0 Å². The third-order valence-electron chi connectivity index (χ3n) is 10.8. The molecule has 32 heavy (non-hydrogen) atoms. The second-order valence-electron chi connectivity index (χ2n) is 11.8. The normalized spacial score (nSPS) is 30.1. The number of benzene rings is 1. The van der Waals surface area contributed by atoms with E-state index in [1.807, 2.05) is 0 Å². The van der Waals surface area contributed by atoms with Crippen molar-refractivity contribution < 1.29 is 50.7 Å². The van der Waals surface area contributed by atoms with Crippen LogP contribution in [0.15, 0.2) is 53.1 Å². The van der Waals surface area contributed by atoms with Crippen LogP contribution in [0.4, 0.5) is 0 Å². The van der Waals surface area contributed by atoms with Crippen LogP contribution in [-0.2, 0) is 32.3 Å². The van der Waals surface area contributed by atoms with E-state index < -0.39 is 0 Å². The summed E-state index contributed by atoms with van der Waals surface area (Å²) < 4.78 is 0. The Hall–Kier alpha value is -0.240. The average Bonchev–Trinajstić information content (AvgIpc) is 3.05. The fourth-order valence-corrected chi connectivity index (χ4v) is 7.57. The van der Waals surface area contributed by atoms with Crippen LogP contribution in [-0.4, -0.2) is 0 Å². The molecule has 4 aliphatic rings. The van der Waals surface area contributed by atoms with Gasteiger partial charge in [0.1, 0.15) is 0 Å². The molecule has 0 bridgehead atoms. The molecule has 1 fully saturated rings. The van der Waals surface area contributed by atoms with Gasteiger partial charge in [-0.1, -0.05) is 113 Å². The summed E-state index contributed by atoms with van der Waals surface area (Å²) in [5.41, 5.74) is 10.3. The van der Waals surface area contributed by atoms with Crippen molar-refractivity contribution in [1.82, 2.24) is 0 Å². The van der Waals surface area contributed by atoms with E-state index in [0.29, 0.717) is 5.92 Å². The molecule has 0 aromatic heterocycles. The van der Waals surface area contributed by atoms with Gasteiger partial charge in [0.15, 0.2) is 0 Å². The second-order valence-corrected chi connectivity index (χ2v) is 11.8. The molecule has 0 heterocycles. The summed E-state index contributed by atoms with van der Waals surface area (Å²) in [5, 5.41) is 0. The largest absolute Gasteiger partial charge is 1.00 e. The van der Waals surface area contributed by atoms with E-state index in [2.05, 4.69) is 91.8 Å². The number of halogens is 2. The van der Waals surface area contributed by atoms with Gasteiger partial charge in [-0.05, 0) is 40.6 Å². The van der Waals surface area contributed by atoms with Gasteiger partial charge in [-0.2, -0.15) is 11.1 Å². The Morgan fingerprint density at radius 3 is 2.19 bits per heavy atom. The molecule has 174 valence electrons. The number of hydrogen-bond acceptors (Lipinski definition) is 0. The summed E-state index contributed by atoms with van der Waals surface area (Å²) in [5.74, 6) is 2.24. The van der Waals surface area contributed by atoms with E-state index in [-0.39, 0.29) is 72.3 Å². The monoisotopic (exact) mass is 635 g/mol. The van der Waals surface area contributed by atoms with Crippen molar-refractivity contribution in [3.05, 3.63) is 70.2 Å². The van der Waals surface area contributed by atoms with Crippen LogP contribution in [0.1, 0.15) is 79.4 Å². The quantitative estimate of drug-likeness (QED) is 0.303. The first-order valence-electron chi connectivity index (χ1n) is 11.6. The van der Waals surface area contributed by atoms with Gasteiger partial charge in [-0.15, -0.1) is 6.92 Å². The molecule has 3 heteroatoms. The predicted octanol–water partition coefficient (Wildman–Crippen LogP) is 1.97. The zero-order valence-corrected chi connectivity index (χ0v) is 26.0. The molecular weight excluding hydrogens is 598 g/mol. The van der Waals surface area contributed by atoms with E-state index in [0.717, 1.165) is 6.42 Å². The molecule has 0 amide bonds. The fourth-order valence-electron chi connectivity index (χ4n) is 7.57. The number of hydrogen-bond donors (Lipinski definition) is 0. The topological polar surface area (TPSA) is 0 Å². The average molecular weight is 635 g/mol. The van der Waals surface area contributed by atoms with Gasteiger partial charge in [0.25, 0.3) is 0 Å². The van der Waals surface area contributed by atoms with Crippen LogP contribution in [0.5, 0.6) is 0 Å². The van der Waals surface area contributed by atoms with Gasteiger partial charge in [0.2, 0.25) is 0 Å². The molecule has 1 saturated carbocycles. The SMILES string of the molecule is C[C-]1C2=C3Cc4ccccc4C3=C3C=CCCC3C2(C)C(C)(C)C(C)(C)C1(C)C.[Cl-].[Cl-].[Hf]. The van der Waals surface area contributed by atoms with Gasteiger partial charge < -0.3 is 24.8 Å². The maximum Gasteiger partial charge on any atom is 0 e. The van der Waals surface area contributed by atoms with Crippen LogP contribution >= 0.6 is 0 Å². The summed E-state index contributed by atoms with van der Waals surface area (Å²) >= 11 is 0. The Labute approximate surface area is 227 Å². The van der Waals surface area contributed by atoms with Gasteiger partial charge in [0, 0.05) is 25.8 Å². The summed E-state index contributed by atoms with van der Waals surface area (Å²) in [7, 11) is 0. The second kappa shape index (κ2) is 8.46. The molecule has 5 rings (SSSR count). The van der Waals surface area contributed by atoms with Crippen molar-refractivity contribution in [2.24, 2.45) is 27.6 Å². The van der Waals surface area contributed by atoms with Gasteiger partial charge in [0.05, 0.1) is 0 Å². The maximum absolute atomic E-state index is 2.62. The van der Waals surface area contributed by atoms with Crippen molar-refractivity contribution in [1.29, 1.82) is 0 Å². The maximum atomic E-state index is 2.62. The molecule has 2 atom stereocenters. The van der Waals surface area contributed by atoms with Crippen LogP contribution in [0.25, 0.3) is 5.57 Å². The van der Waals surface area contributed by atoms with Crippen molar-refractivity contribution in [2.75, 3.05) is 0 Å². The van der Waals surface area contributed by atoms with Gasteiger partial charge >= 0.3 is 0 Å². The standard InChI is InChI=1S/C29H37.2ClH.Hf/c1-18-25-22-17-19-13-9-10-14-20(19)24(22)21-15-11-12-16-23(21)29(25,8)28(6,7)27(4,5)26(18,2)3;;;/h9-11,13-15,23H,12,16-17H2,1-8H3;2*1H;/q-1;;;/p-2. The minimum absolute atomic E-state index is 0. The van der Waals surface area contributed by atoms with Crippen LogP contribution < -0.4 is 24.8 Å². The Morgan fingerprint density at radius 2 is 1.53 bits per heavy atom. The Kier molecular flexibility index (Phi) is 7.40. The van der Waals surface area contributed by atoms with Crippen LogP contribution in [0.3, 0.4) is 0 Å². The third-order valence-corrected chi connectivity index (χ3v) is 10.8. The first kappa shape index (κ1) is 28.0. The molecule has 0 radical (unpaired) electrons. The van der Waals surface area contributed by atoms with Crippen molar-refractivity contribution in [3.63, 3.8) is 0 Å². The number of allylic oxidation sites excluding steroid dienone is 6. The fraction of sp³-hybridized carbons (Fsp3) is 0.552. The molecule has 0 aliphatic heterocycles. The molecule has 0 spiro atoms. The number of rotatable bonds is 0. The van der Waals surface area contributed by atoms with E-state index in [1.54, 1.807) is 28.2 Å². The zero-order chi connectivity index (χ0) is 21.0. The van der Waals surface area contributed by atoms with Crippen molar-refractivity contribution >= 4 is 5.57 Å². The molecule has 0 N–H and O–H groups in total. The first-order valence-corrected chi connectivity index (χ1v) is 11.6. The molecule has 2 unspecified atom stereocenters. The molecule has 1 aromatic rings. The predicted molar refractivity (Wildman–Crippen MR) is 124 cm³/mol. The zero-order valence-electron chi connectivity index (χ0n) is 20.9. The summed E-state index contributed by atoms with van der Waals surface area (Å²) in [4.78, 5) is 0. The minimum atomic E-state index is 0. The molecule has 0 saturated heterocycles. The summed E-state index contributed by atoms with van der Waals surface area (Å²) in [6, 6.07) is 9.16. The third kappa shape index (κ3) is 2.99. The molecule has 0 nitrogen and oxygen atoms in total. The Bertz CT molecular complexity index is 1010. The minimum Gasteiger partial charge on any atom is -1.00 e. The van der Waals surface area contributed by atoms with E-state index in [9.17, 15) is 0 Å². The molecule has 1 aromatic carbocycles. The Morgan fingerprint density at radius 1 is 0.906 bits per heavy atom. The van der Waals surface area contributed by atoms with Gasteiger partial charge in [-0.3, -0.25) is 0 Å². The summed E-state index contributed by atoms with van der Waals surface area (Å²) in [6.45, 7) is 20.3. The Balaban J connectivity index is 0.00000121. The van der Waals surface area contributed by atoms with Crippen LogP contribution in [0.2, 0.25) is 0 Å². The molecular formula is C29H37Cl2Hf-3. The number of fused-ring (bicyclic) bond motifs is 6. The van der Waals surface area contributed by atoms with Crippen molar-refractivity contribution in [3.8, 4) is 0 Å².